The van der Waals surface area contributed by atoms with E-state index in [9.17, 15) is 14.4 Å². The highest BCUT2D eigenvalue weighted by atomic mass is 16.5. The van der Waals surface area contributed by atoms with E-state index in [-0.39, 0.29) is 30.9 Å². The molecule has 1 fully saturated rings. The lowest BCUT2D eigenvalue weighted by Crippen LogP contribution is -2.51. The van der Waals surface area contributed by atoms with Crippen molar-refractivity contribution in [1.29, 1.82) is 0 Å². The summed E-state index contributed by atoms with van der Waals surface area (Å²) in [7, 11) is 0. The molecule has 8 heteroatoms. The van der Waals surface area contributed by atoms with E-state index in [1.165, 1.54) is 0 Å². The lowest BCUT2D eigenvalue weighted by atomic mass is 10.1. The number of fused-ring (bicyclic) bond motifs is 1. The molecule has 0 radical (unpaired) electrons. The number of nitrogens with one attached hydrogen (secondary N) is 1. The fraction of sp³-hybridized carbons (Fsp3) is 0.500. The average molecular weight is 361 g/mol. The molecule has 0 saturated carbocycles. The highest BCUT2D eigenvalue weighted by Crippen LogP contribution is 2.22. The molecule has 0 aliphatic carbocycles. The molecule has 0 unspecified atom stereocenters. The van der Waals surface area contributed by atoms with Gasteiger partial charge < -0.3 is 25.4 Å². The average Bonchev–Trinajstić information content (AvgIpc) is 2.95. The number of carbonyl (C=O) groups excluding carboxylic acids is 3. The fourth-order valence-electron chi connectivity index (χ4n) is 3.24. The molecule has 1 aromatic rings. The molecule has 1 saturated heterocycles. The molecule has 26 heavy (non-hydrogen) atoms. The quantitative estimate of drug-likeness (QED) is 0.699. The topological polar surface area (TPSA) is 111 Å². The van der Waals surface area contributed by atoms with Gasteiger partial charge in [0, 0.05) is 31.7 Å². The molecule has 2 aliphatic heterocycles. The second kappa shape index (κ2) is 8.29. The van der Waals surface area contributed by atoms with Crippen molar-refractivity contribution >= 4 is 17.7 Å². The van der Waals surface area contributed by atoms with E-state index in [0.29, 0.717) is 38.3 Å². The Bertz CT molecular complexity index is 693. The number of nitrogens with two attached hydrogens (primary N) is 1. The molecular weight excluding hydrogens is 338 g/mol. The van der Waals surface area contributed by atoms with Crippen LogP contribution >= 0.6 is 0 Å². The van der Waals surface area contributed by atoms with Gasteiger partial charge >= 0.3 is 0 Å². The van der Waals surface area contributed by atoms with Gasteiger partial charge in [0.15, 0.2) is 0 Å². The third-order valence-electron chi connectivity index (χ3n) is 4.60. The predicted octanol–water partition coefficient (Wildman–Crippen LogP) is -0.192. The van der Waals surface area contributed by atoms with Crippen LogP contribution in [0.15, 0.2) is 24.3 Å². The van der Waals surface area contributed by atoms with Crippen LogP contribution in [0, 0.1) is 0 Å². The van der Waals surface area contributed by atoms with Crippen LogP contribution < -0.4 is 11.1 Å². The number of nitrogens with zero attached hydrogens (tertiary/aromatic N) is 1. The molecule has 0 aromatic heterocycles. The molecule has 8 nitrogen and oxygen atoms in total. The fourth-order valence-corrected chi connectivity index (χ4v) is 3.24. The van der Waals surface area contributed by atoms with Crippen LogP contribution in [-0.4, -0.2) is 61.1 Å². The van der Waals surface area contributed by atoms with E-state index in [1.807, 2.05) is 18.2 Å². The number of amides is 3. The molecule has 0 bridgehead atoms. The van der Waals surface area contributed by atoms with Crippen LogP contribution in [0.25, 0.3) is 0 Å². The first kappa shape index (κ1) is 18.3. The monoisotopic (exact) mass is 361 g/mol. The normalized spacial score (nSPS) is 22.2. The molecular formula is C18H23N3O5. The SMILES string of the molecule is NC(=O)CO[C@@H]1COCC[C@H]1NC(=O)CCN1Cc2ccccc2C1=O. The van der Waals surface area contributed by atoms with Crippen molar-refractivity contribution in [1.82, 2.24) is 10.2 Å². The highest BCUT2D eigenvalue weighted by molar-refractivity contribution is 5.98. The van der Waals surface area contributed by atoms with E-state index in [1.54, 1.807) is 11.0 Å². The summed E-state index contributed by atoms with van der Waals surface area (Å²) in [6.07, 6.45) is 0.404. The maximum Gasteiger partial charge on any atom is 0.254 e. The minimum Gasteiger partial charge on any atom is -0.379 e. The largest absolute Gasteiger partial charge is 0.379 e. The minimum atomic E-state index is -0.562. The van der Waals surface area contributed by atoms with Gasteiger partial charge in [-0.3, -0.25) is 14.4 Å². The van der Waals surface area contributed by atoms with E-state index in [4.69, 9.17) is 15.2 Å². The molecule has 3 N–H and O–H groups in total. The summed E-state index contributed by atoms with van der Waals surface area (Å²) in [4.78, 5) is 37.2. The van der Waals surface area contributed by atoms with Crippen LogP contribution in [0.2, 0.25) is 0 Å². The smallest absolute Gasteiger partial charge is 0.254 e. The maximum atomic E-state index is 12.3. The molecule has 1 aromatic carbocycles. The number of ether oxygens (including phenoxy) is 2. The standard InChI is InChI=1S/C18H23N3O5/c19-16(22)11-26-15-10-25-8-6-14(15)20-17(23)5-7-21-9-12-3-1-2-4-13(12)18(21)24/h1-4,14-15H,5-11H2,(H2,19,22)(H,20,23)/t14-,15-/m1/s1. The predicted molar refractivity (Wildman–Crippen MR) is 92.1 cm³/mol. The van der Waals surface area contributed by atoms with Crippen LogP contribution in [-0.2, 0) is 25.6 Å². The molecule has 2 aliphatic rings. The van der Waals surface area contributed by atoms with Crippen molar-refractivity contribution in [2.75, 3.05) is 26.4 Å². The van der Waals surface area contributed by atoms with Gasteiger partial charge in [0.25, 0.3) is 5.91 Å². The molecule has 0 spiro atoms. The Morgan fingerprint density at radius 3 is 2.92 bits per heavy atom. The summed E-state index contributed by atoms with van der Waals surface area (Å²) < 4.78 is 10.8. The lowest BCUT2D eigenvalue weighted by molar-refractivity contribution is -0.132. The van der Waals surface area contributed by atoms with Gasteiger partial charge in [0.2, 0.25) is 11.8 Å². The summed E-state index contributed by atoms with van der Waals surface area (Å²) in [5.74, 6) is -0.761. The second-order valence-electron chi connectivity index (χ2n) is 6.49. The number of carbonyl (C=O) groups is 3. The Kier molecular flexibility index (Phi) is 5.85. The minimum absolute atomic E-state index is 0.0397. The van der Waals surface area contributed by atoms with E-state index < -0.39 is 12.0 Å². The van der Waals surface area contributed by atoms with Gasteiger partial charge in [-0.1, -0.05) is 18.2 Å². The van der Waals surface area contributed by atoms with Crippen molar-refractivity contribution < 1.29 is 23.9 Å². The molecule has 2 heterocycles. The van der Waals surface area contributed by atoms with Crippen LogP contribution in [0.3, 0.4) is 0 Å². The van der Waals surface area contributed by atoms with Crippen molar-refractivity contribution in [3.63, 3.8) is 0 Å². The number of benzene rings is 1. The lowest BCUT2D eigenvalue weighted by Gasteiger charge is -2.32. The van der Waals surface area contributed by atoms with E-state index >= 15 is 0 Å². The van der Waals surface area contributed by atoms with Gasteiger partial charge in [0.05, 0.1) is 12.6 Å². The number of primary amides is 1. The maximum absolute atomic E-state index is 12.3. The number of hydrogen-bond acceptors (Lipinski definition) is 5. The summed E-state index contributed by atoms with van der Waals surface area (Å²) in [6, 6.07) is 7.24. The van der Waals surface area contributed by atoms with Gasteiger partial charge in [-0.05, 0) is 18.1 Å². The van der Waals surface area contributed by atoms with Crippen LogP contribution in [0.4, 0.5) is 0 Å². The summed E-state index contributed by atoms with van der Waals surface area (Å²) in [5, 5.41) is 2.92. The van der Waals surface area contributed by atoms with Crippen molar-refractivity contribution in [2.45, 2.75) is 31.5 Å². The third-order valence-corrected chi connectivity index (χ3v) is 4.60. The van der Waals surface area contributed by atoms with E-state index in [0.717, 1.165) is 5.56 Å². The van der Waals surface area contributed by atoms with Crippen molar-refractivity contribution in [2.24, 2.45) is 5.73 Å². The number of hydrogen-bond donors (Lipinski definition) is 2. The van der Waals surface area contributed by atoms with Crippen molar-refractivity contribution in [3.8, 4) is 0 Å². The zero-order chi connectivity index (χ0) is 18.5. The molecule has 3 rings (SSSR count). The van der Waals surface area contributed by atoms with Gasteiger partial charge in [-0.2, -0.15) is 0 Å². The molecule has 2 atom stereocenters. The van der Waals surface area contributed by atoms with Gasteiger partial charge in [-0.15, -0.1) is 0 Å². The first-order valence-corrected chi connectivity index (χ1v) is 8.69. The second-order valence-corrected chi connectivity index (χ2v) is 6.49. The Labute approximate surface area is 151 Å². The Balaban J connectivity index is 1.48. The summed E-state index contributed by atoms with van der Waals surface area (Å²) in [5.41, 5.74) is 6.79. The zero-order valence-corrected chi connectivity index (χ0v) is 14.5. The first-order valence-electron chi connectivity index (χ1n) is 8.69. The van der Waals surface area contributed by atoms with Crippen LogP contribution in [0.1, 0.15) is 28.8 Å². The Morgan fingerprint density at radius 1 is 1.35 bits per heavy atom. The van der Waals surface area contributed by atoms with Crippen LogP contribution in [0.5, 0.6) is 0 Å². The van der Waals surface area contributed by atoms with Gasteiger partial charge in [-0.25, -0.2) is 0 Å². The summed E-state index contributed by atoms with van der Waals surface area (Å²) >= 11 is 0. The zero-order valence-electron chi connectivity index (χ0n) is 14.5. The number of rotatable bonds is 7. The molecule has 3 amide bonds. The van der Waals surface area contributed by atoms with E-state index in [2.05, 4.69) is 5.32 Å². The Morgan fingerprint density at radius 2 is 2.15 bits per heavy atom. The first-order chi connectivity index (χ1) is 12.5. The summed E-state index contributed by atoms with van der Waals surface area (Å²) in [6.45, 7) is 1.50. The highest BCUT2D eigenvalue weighted by Gasteiger charge is 2.30. The van der Waals surface area contributed by atoms with Crippen molar-refractivity contribution in [3.05, 3.63) is 35.4 Å². The van der Waals surface area contributed by atoms with Gasteiger partial charge in [0.1, 0.15) is 12.7 Å². The Hall–Kier alpha value is -2.45. The third kappa shape index (κ3) is 4.39. The molecule has 140 valence electrons.